The Hall–Kier alpha value is -5.77. The number of rotatable bonds is 7. The highest BCUT2D eigenvalue weighted by molar-refractivity contribution is 6.02. The third-order valence-corrected chi connectivity index (χ3v) is 13.2. The van der Waals surface area contributed by atoms with E-state index in [1.54, 1.807) is 0 Å². The molecule has 3 heteroatoms. The third kappa shape index (κ3) is 6.46. The molecule has 0 bridgehead atoms. The maximum absolute atomic E-state index is 6.79. The van der Waals surface area contributed by atoms with Crippen LogP contribution in [-0.2, 0) is 5.41 Å². The van der Waals surface area contributed by atoms with Crippen LogP contribution in [0.25, 0.3) is 11.1 Å². The average molecular weight is 757 g/mol. The Morgan fingerprint density at radius 2 is 1.59 bits per heavy atom. The molecule has 58 heavy (non-hydrogen) atoms. The lowest BCUT2D eigenvalue weighted by Gasteiger charge is -2.48. The number of para-hydroxylation sites is 1. The van der Waals surface area contributed by atoms with Gasteiger partial charge in [-0.2, -0.15) is 0 Å². The van der Waals surface area contributed by atoms with Crippen molar-refractivity contribution in [1.29, 1.82) is 0 Å². The molecule has 5 atom stereocenters. The fourth-order valence-electron chi connectivity index (χ4n) is 10.4. The number of ether oxygens (including phenoxy) is 1. The zero-order valence-corrected chi connectivity index (χ0v) is 33.7. The molecule has 10 rings (SSSR count). The first kappa shape index (κ1) is 36.6. The minimum Gasteiger partial charge on any atom is -0.485 e. The molecule has 0 N–H and O–H groups in total. The molecule has 4 aromatic rings. The predicted molar refractivity (Wildman–Crippen MR) is 241 cm³/mol. The van der Waals surface area contributed by atoms with Crippen molar-refractivity contribution in [1.82, 2.24) is 4.90 Å². The monoisotopic (exact) mass is 756 g/mol. The summed E-state index contributed by atoms with van der Waals surface area (Å²) in [6.45, 7) is 2.31. The molecule has 5 unspecified atom stereocenters. The first-order chi connectivity index (χ1) is 28.6. The summed E-state index contributed by atoms with van der Waals surface area (Å²) in [5.74, 6) is 1.50. The molecule has 4 aromatic carbocycles. The Balaban J connectivity index is 1.06. The molecule has 0 saturated heterocycles. The molecule has 0 radical (unpaired) electrons. The van der Waals surface area contributed by atoms with Crippen LogP contribution in [0.15, 0.2) is 192 Å². The first-order valence-corrected chi connectivity index (χ1v) is 21.4. The summed E-state index contributed by atoms with van der Waals surface area (Å²) in [5.41, 5.74) is 15.1. The molecular formula is C55H52N2O. The topological polar surface area (TPSA) is 24.8 Å². The number of aliphatic imine (C=N–C) groups is 1. The molecule has 288 valence electrons. The van der Waals surface area contributed by atoms with Crippen LogP contribution >= 0.6 is 0 Å². The third-order valence-electron chi connectivity index (χ3n) is 13.2. The second-order valence-electron chi connectivity index (χ2n) is 16.8. The van der Waals surface area contributed by atoms with Crippen LogP contribution in [-0.4, -0.2) is 29.9 Å². The van der Waals surface area contributed by atoms with Gasteiger partial charge in [0.1, 0.15) is 18.0 Å². The van der Waals surface area contributed by atoms with Gasteiger partial charge in [0.25, 0.3) is 0 Å². The fraction of sp³-hybridized carbons (Fsp3) is 0.255. The molecule has 2 aliphatic heterocycles. The summed E-state index contributed by atoms with van der Waals surface area (Å²) in [7, 11) is 2.25. The Morgan fingerprint density at radius 1 is 0.759 bits per heavy atom. The van der Waals surface area contributed by atoms with Crippen molar-refractivity contribution in [3.63, 3.8) is 0 Å². The van der Waals surface area contributed by atoms with Crippen LogP contribution in [0.1, 0.15) is 91.3 Å². The Morgan fingerprint density at radius 3 is 2.45 bits per heavy atom. The van der Waals surface area contributed by atoms with Crippen LogP contribution in [0, 0.1) is 5.92 Å². The zero-order chi connectivity index (χ0) is 39.1. The van der Waals surface area contributed by atoms with E-state index in [1.807, 2.05) is 0 Å². The van der Waals surface area contributed by atoms with Gasteiger partial charge >= 0.3 is 0 Å². The van der Waals surface area contributed by atoms with Gasteiger partial charge < -0.3 is 4.74 Å². The van der Waals surface area contributed by atoms with Gasteiger partial charge in [0.15, 0.2) is 0 Å². The quantitative estimate of drug-likeness (QED) is 0.188. The number of fused-ring (bicyclic) bond motifs is 2. The first-order valence-electron chi connectivity index (χ1n) is 21.4. The Labute approximate surface area is 344 Å². The zero-order valence-electron chi connectivity index (χ0n) is 33.7. The molecule has 3 nitrogen and oxygen atoms in total. The fourth-order valence-corrected chi connectivity index (χ4v) is 10.4. The van der Waals surface area contributed by atoms with E-state index >= 15 is 0 Å². The molecule has 2 heterocycles. The lowest BCUT2D eigenvalue weighted by molar-refractivity contribution is 0.194. The Bertz CT molecular complexity index is 2520. The van der Waals surface area contributed by atoms with Crippen LogP contribution in [0.5, 0.6) is 5.75 Å². The van der Waals surface area contributed by atoms with E-state index in [-0.39, 0.29) is 18.3 Å². The van der Waals surface area contributed by atoms with Gasteiger partial charge in [0, 0.05) is 30.2 Å². The minimum absolute atomic E-state index is 0.0138. The highest BCUT2D eigenvalue weighted by atomic mass is 16.5. The number of allylic oxidation sites excluding steroid dienone is 12. The van der Waals surface area contributed by atoms with E-state index in [2.05, 4.69) is 189 Å². The van der Waals surface area contributed by atoms with Crippen molar-refractivity contribution < 1.29 is 4.74 Å². The largest absolute Gasteiger partial charge is 0.485 e. The summed E-state index contributed by atoms with van der Waals surface area (Å²) >= 11 is 0. The van der Waals surface area contributed by atoms with Gasteiger partial charge in [-0.15, -0.1) is 0 Å². The predicted octanol–water partition coefficient (Wildman–Crippen LogP) is 12.9. The number of nitrogens with zero attached hydrogens (tertiary/aromatic N) is 2. The summed E-state index contributed by atoms with van der Waals surface area (Å²) in [6.07, 6.45) is 32.9. The number of benzene rings is 4. The maximum Gasteiger partial charge on any atom is 0.128 e. The van der Waals surface area contributed by atoms with E-state index < -0.39 is 5.41 Å². The molecule has 0 saturated carbocycles. The second-order valence-corrected chi connectivity index (χ2v) is 16.8. The average Bonchev–Trinajstić information content (AvgIpc) is 3.29. The van der Waals surface area contributed by atoms with Gasteiger partial charge in [-0.05, 0) is 113 Å². The Kier molecular flexibility index (Phi) is 9.79. The molecule has 6 aliphatic rings. The minimum atomic E-state index is -0.460. The highest BCUT2D eigenvalue weighted by Gasteiger charge is 2.50. The summed E-state index contributed by atoms with van der Waals surface area (Å²) in [4.78, 5) is 8.01. The number of likely N-dealkylation sites (N-methyl/N-ethyl adjacent to an activating group) is 1. The smallest absolute Gasteiger partial charge is 0.128 e. The van der Waals surface area contributed by atoms with Gasteiger partial charge in [0.2, 0.25) is 0 Å². The van der Waals surface area contributed by atoms with Crippen molar-refractivity contribution in [3.05, 3.63) is 220 Å². The van der Waals surface area contributed by atoms with Crippen molar-refractivity contribution in [2.75, 3.05) is 7.05 Å². The molecule has 0 spiro atoms. The number of hydrogen-bond donors (Lipinski definition) is 0. The molecular weight excluding hydrogens is 705 g/mol. The summed E-state index contributed by atoms with van der Waals surface area (Å²) in [6, 6.07) is 38.4. The lowest BCUT2D eigenvalue weighted by Crippen LogP contribution is -2.44. The van der Waals surface area contributed by atoms with Crippen molar-refractivity contribution in [2.45, 2.75) is 75.6 Å². The molecule has 0 fully saturated rings. The van der Waals surface area contributed by atoms with Gasteiger partial charge in [-0.1, -0.05) is 165 Å². The van der Waals surface area contributed by atoms with Gasteiger partial charge in [-0.25, -0.2) is 0 Å². The van der Waals surface area contributed by atoms with E-state index in [4.69, 9.17) is 9.73 Å². The van der Waals surface area contributed by atoms with Crippen LogP contribution in [0.2, 0.25) is 0 Å². The van der Waals surface area contributed by atoms with E-state index in [1.165, 1.54) is 67.0 Å². The summed E-state index contributed by atoms with van der Waals surface area (Å²) < 4.78 is 6.79. The van der Waals surface area contributed by atoms with Crippen LogP contribution < -0.4 is 4.74 Å². The van der Waals surface area contributed by atoms with E-state index in [0.29, 0.717) is 5.92 Å². The van der Waals surface area contributed by atoms with Crippen molar-refractivity contribution in [2.24, 2.45) is 10.9 Å². The van der Waals surface area contributed by atoms with Crippen molar-refractivity contribution in [3.8, 4) is 5.75 Å². The number of hydrogen-bond acceptors (Lipinski definition) is 3. The molecule has 0 aromatic heterocycles. The summed E-state index contributed by atoms with van der Waals surface area (Å²) in [5, 5.41) is 0. The standard InChI is InChI=1S/C55H52N2O/c1-38-18-15-25-44(34-38)54-56-50(37-51(57(54)2)39-19-5-3-6-20-39)43-24-17-22-41(36-43)40-21-16-23-42(35-40)46-28-9-10-29-47(46)55(45-26-7-4-8-27-45)48-30-11-13-32-52(48)58-53-33-14-12-31-49(53)55/h3,5-7,9-15,17,19-22,24-32,34-36,38,51,53-54H,4,8,16,18,23,33,37H2,1-2H3. The van der Waals surface area contributed by atoms with E-state index in [9.17, 15) is 0 Å². The highest BCUT2D eigenvalue weighted by Crippen LogP contribution is 2.57. The normalized spacial score (nSPS) is 26.5. The lowest BCUT2D eigenvalue weighted by atomic mass is 9.58. The van der Waals surface area contributed by atoms with Crippen molar-refractivity contribution >= 4 is 16.9 Å². The van der Waals surface area contributed by atoms with Crippen LogP contribution in [0.4, 0.5) is 0 Å². The van der Waals surface area contributed by atoms with E-state index in [0.717, 1.165) is 50.7 Å². The van der Waals surface area contributed by atoms with Crippen LogP contribution in [0.3, 0.4) is 0 Å². The second kappa shape index (κ2) is 15.5. The SMILES string of the molecule is CC1C=C(C2N=C(c3cccc(C4=CCCC(c5ccccc5C5(C6=CCCC=C6)C6=CC=CCC6Oc6ccccc65)=C4)c3)CC(c3ccccc3)N2C)C=CC1. The molecule has 0 amide bonds. The maximum atomic E-state index is 6.79. The van der Waals surface area contributed by atoms with Gasteiger partial charge in [0.05, 0.1) is 5.41 Å². The van der Waals surface area contributed by atoms with Gasteiger partial charge in [-0.3, -0.25) is 9.89 Å². The molecule has 4 aliphatic carbocycles.